The van der Waals surface area contributed by atoms with Crippen LogP contribution in [-0.4, -0.2) is 51.4 Å². The molecule has 2 saturated heterocycles. The van der Waals surface area contributed by atoms with Crippen LogP contribution in [0.3, 0.4) is 0 Å². The lowest BCUT2D eigenvalue weighted by molar-refractivity contribution is -0.122. The van der Waals surface area contributed by atoms with Gasteiger partial charge in [0.05, 0.1) is 4.90 Å². The molecule has 1 saturated carbocycles. The number of sulfonamides is 1. The van der Waals surface area contributed by atoms with Crippen LogP contribution >= 0.6 is 0 Å². The number of amides is 1. The molecule has 0 radical (unpaired) electrons. The summed E-state index contributed by atoms with van der Waals surface area (Å²) in [6, 6.07) is 7.34. The Morgan fingerprint density at radius 2 is 1.59 bits per heavy atom. The van der Waals surface area contributed by atoms with Crippen molar-refractivity contribution in [2.24, 2.45) is 11.8 Å². The van der Waals surface area contributed by atoms with Gasteiger partial charge < -0.3 is 10.2 Å². The standard InChI is InChI=1S/C20H29N3O3S/c24-20(17-3-4-17)21-15-16-9-13-22(14-10-16)18-5-7-19(8-6-18)27(25,26)23-11-1-2-12-23/h5-8,16-17H,1-4,9-15H2,(H,21,24). The van der Waals surface area contributed by atoms with E-state index in [2.05, 4.69) is 10.2 Å². The highest BCUT2D eigenvalue weighted by Gasteiger charge is 2.30. The van der Waals surface area contributed by atoms with Crippen molar-refractivity contribution in [3.8, 4) is 0 Å². The molecule has 0 atom stereocenters. The number of rotatable bonds is 6. The monoisotopic (exact) mass is 391 g/mol. The van der Waals surface area contributed by atoms with Gasteiger partial charge in [0.15, 0.2) is 0 Å². The van der Waals surface area contributed by atoms with Gasteiger partial charge in [-0.2, -0.15) is 4.31 Å². The highest BCUT2D eigenvalue weighted by atomic mass is 32.2. The first kappa shape index (κ1) is 18.7. The van der Waals surface area contributed by atoms with Crippen molar-refractivity contribution in [2.75, 3.05) is 37.6 Å². The van der Waals surface area contributed by atoms with Gasteiger partial charge in [0.1, 0.15) is 0 Å². The van der Waals surface area contributed by atoms with E-state index in [9.17, 15) is 13.2 Å². The first-order valence-corrected chi connectivity index (χ1v) is 11.6. The Morgan fingerprint density at radius 3 is 2.19 bits per heavy atom. The molecule has 3 aliphatic rings. The first-order chi connectivity index (χ1) is 13.0. The smallest absolute Gasteiger partial charge is 0.243 e. The van der Waals surface area contributed by atoms with Gasteiger partial charge in [-0.1, -0.05) is 0 Å². The zero-order chi connectivity index (χ0) is 18.9. The van der Waals surface area contributed by atoms with E-state index < -0.39 is 10.0 Å². The Labute approximate surface area is 162 Å². The van der Waals surface area contributed by atoms with Gasteiger partial charge in [0.25, 0.3) is 0 Å². The van der Waals surface area contributed by atoms with Gasteiger partial charge in [-0.25, -0.2) is 8.42 Å². The summed E-state index contributed by atoms with van der Waals surface area (Å²) in [5, 5.41) is 3.09. The van der Waals surface area contributed by atoms with Crippen molar-refractivity contribution in [1.82, 2.24) is 9.62 Å². The lowest BCUT2D eigenvalue weighted by Gasteiger charge is -2.33. The van der Waals surface area contributed by atoms with Gasteiger partial charge >= 0.3 is 0 Å². The van der Waals surface area contributed by atoms with Crippen LogP contribution in [0, 0.1) is 11.8 Å². The Morgan fingerprint density at radius 1 is 0.963 bits per heavy atom. The number of nitrogens with zero attached hydrogens (tertiary/aromatic N) is 2. The van der Waals surface area contributed by atoms with E-state index >= 15 is 0 Å². The summed E-state index contributed by atoms with van der Waals surface area (Å²) in [6.45, 7) is 3.95. The molecule has 0 bridgehead atoms. The van der Waals surface area contributed by atoms with Crippen LogP contribution in [-0.2, 0) is 14.8 Å². The third-order valence-electron chi connectivity index (χ3n) is 6.03. The van der Waals surface area contributed by atoms with Crippen molar-refractivity contribution in [3.63, 3.8) is 0 Å². The van der Waals surface area contributed by atoms with Crippen LogP contribution in [0.5, 0.6) is 0 Å². The number of nitrogens with one attached hydrogen (secondary N) is 1. The molecule has 7 heteroatoms. The molecule has 3 fully saturated rings. The average Bonchev–Trinajstić information content (AvgIpc) is 3.40. The molecular formula is C20H29N3O3S. The van der Waals surface area contributed by atoms with E-state index in [-0.39, 0.29) is 11.8 Å². The lowest BCUT2D eigenvalue weighted by atomic mass is 9.96. The fraction of sp³-hybridized carbons (Fsp3) is 0.650. The summed E-state index contributed by atoms with van der Waals surface area (Å²) in [5.41, 5.74) is 1.08. The summed E-state index contributed by atoms with van der Waals surface area (Å²) in [4.78, 5) is 14.5. The predicted molar refractivity (Wildman–Crippen MR) is 105 cm³/mol. The fourth-order valence-corrected chi connectivity index (χ4v) is 5.55. The third kappa shape index (κ3) is 4.29. The second kappa shape index (κ2) is 7.80. The van der Waals surface area contributed by atoms with E-state index in [1.54, 1.807) is 16.4 Å². The number of benzene rings is 1. The molecule has 1 N–H and O–H groups in total. The van der Waals surface area contributed by atoms with E-state index in [1.165, 1.54) is 0 Å². The largest absolute Gasteiger partial charge is 0.372 e. The van der Waals surface area contributed by atoms with E-state index in [1.807, 2.05) is 12.1 Å². The molecule has 2 heterocycles. The van der Waals surface area contributed by atoms with Gasteiger partial charge in [-0.15, -0.1) is 0 Å². The second-order valence-corrected chi connectivity index (χ2v) is 9.99. The molecule has 0 unspecified atom stereocenters. The second-order valence-electron chi connectivity index (χ2n) is 8.05. The molecule has 27 heavy (non-hydrogen) atoms. The SMILES string of the molecule is O=C(NCC1CCN(c2ccc(S(=O)(=O)N3CCCC3)cc2)CC1)C1CC1. The molecular weight excluding hydrogens is 362 g/mol. The summed E-state index contributed by atoms with van der Waals surface area (Å²) >= 11 is 0. The minimum atomic E-state index is -3.34. The zero-order valence-electron chi connectivity index (χ0n) is 15.8. The Hall–Kier alpha value is -1.60. The quantitative estimate of drug-likeness (QED) is 0.807. The van der Waals surface area contributed by atoms with Gasteiger partial charge in [-0.3, -0.25) is 4.79 Å². The summed E-state index contributed by atoms with van der Waals surface area (Å²) in [7, 11) is -3.34. The van der Waals surface area contributed by atoms with Crippen molar-refractivity contribution in [1.29, 1.82) is 0 Å². The van der Waals surface area contributed by atoms with Crippen LogP contribution in [0.15, 0.2) is 29.2 Å². The molecule has 1 aromatic carbocycles. The van der Waals surface area contributed by atoms with Crippen LogP contribution < -0.4 is 10.2 Å². The number of anilines is 1. The minimum Gasteiger partial charge on any atom is -0.372 e. The number of hydrogen-bond acceptors (Lipinski definition) is 4. The molecule has 1 amide bonds. The maximum Gasteiger partial charge on any atom is 0.243 e. The average molecular weight is 392 g/mol. The van der Waals surface area contributed by atoms with E-state index in [0.29, 0.717) is 23.9 Å². The van der Waals surface area contributed by atoms with Gasteiger partial charge in [-0.05, 0) is 68.7 Å². The number of carbonyl (C=O) groups excluding carboxylic acids is 1. The topological polar surface area (TPSA) is 69.7 Å². The first-order valence-electron chi connectivity index (χ1n) is 10.2. The molecule has 1 aromatic rings. The molecule has 6 nitrogen and oxygen atoms in total. The molecule has 4 rings (SSSR count). The zero-order valence-corrected chi connectivity index (χ0v) is 16.6. The summed E-state index contributed by atoms with van der Waals surface area (Å²) < 4.78 is 26.8. The van der Waals surface area contributed by atoms with Gasteiger partial charge in [0.2, 0.25) is 15.9 Å². The van der Waals surface area contributed by atoms with Crippen molar-refractivity contribution < 1.29 is 13.2 Å². The van der Waals surface area contributed by atoms with Crippen LogP contribution in [0.25, 0.3) is 0 Å². The number of piperidine rings is 1. The summed E-state index contributed by atoms with van der Waals surface area (Å²) in [6.07, 6.45) is 6.11. The van der Waals surface area contributed by atoms with Crippen molar-refractivity contribution >= 4 is 21.6 Å². The number of carbonyl (C=O) groups is 1. The van der Waals surface area contributed by atoms with Crippen LogP contribution in [0.2, 0.25) is 0 Å². The predicted octanol–water partition coefficient (Wildman–Crippen LogP) is 2.21. The molecule has 1 aliphatic carbocycles. The molecule has 148 valence electrons. The van der Waals surface area contributed by atoms with Crippen LogP contribution in [0.1, 0.15) is 38.5 Å². The molecule has 2 aliphatic heterocycles. The lowest BCUT2D eigenvalue weighted by Crippen LogP contribution is -2.39. The number of hydrogen-bond donors (Lipinski definition) is 1. The highest BCUT2D eigenvalue weighted by molar-refractivity contribution is 7.89. The van der Waals surface area contributed by atoms with Crippen molar-refractivity contribution in [2.45, 2.75) is 43.4 Å². The van der Waals surface area contributed by atoms with Crippen molar-refractivity contribution in [3.05, 3.63) is 24.3 Å². The normalized spacial score (nSPS) is 22.1. The van der Waals surface area contributed by atoms with Gasteiger partial charge in [0, 0.05) is 44.3 Å². The summed E-state index contributed by atoms with van der Waals surface area (Å²) in [5.74, 6) is 1.05. The fourth-order valence-electron chi connectivity index (χ4n) is 4.04. The Kier molecular flexibility index (Phi) is 5.41. The van der Waals surface area contributed by atoms with Crippen LogP contribution in [0.4, 0.5) is 5.69 Å². The third-order valence-corrected chi connectivity index (χ3v) is 7.95. The maximum absolute atomic E-state index is 12.6. The maximum atomic E-state index is 12.6. The minimum absolute atomic E-state index is 0.229. The van der Waals surface area contributed by atoms with E-state index in [0.717, 1.165) is 63.8 Å². The molecule has 0 spiro atoms. The Bertz CT molecular complexity index is 760. The molecule has 0 aromatic heterocycles. The van der Waals surface area contributed by atoms with E-state index in [4.69, 9.17) is 0 Å². The Balaban J connectivity index is 1.30. The highest BCUT2D eigenvalue weighted by Crippen LogP contribution is 2.29.